The van der Waals surface area contributed by atoms with E-state index in [1.807, 2.05) is 60.4 Å². The molecular weight excluding hydrogens is 544 g/mol. The van der Waals surface area contributed by atoms with Crippen LogP contribution in [0.5, 0.6) is 5.75 Å². The third kappa shape index (κ3) is 6.43. The van der Waals surface area contributed by atoms with Gasteiger partial charge in [-0.3, -0.25) is 14.4 Å². The Labute approximate surface area is 252 Å². The van der Waals surface area contributed by atoms with E-state index in [0.717, 1.165) is 41.7 Å². The molecule has 6 rings (SSSR count). The van der Waals surface area contributed by atoms with Crippen LogP contribution in [0, 0.1) is 25.7 Å². The fourth-order valence-electron chi connectivity index (χ4n) is 6.52. The van der Waals surface area contributed by atoms with Gasteiger partial charge in [0, 0.05) is 25.8 Å². The first-order valence-corrected chi connectivity index (χ1v) is 15.3. The zero-order valence-electron chi connectivity index (χ0n) is 24.9. The second kappa shape index (κ2) is 12.2. The summed E-state index contributed by atoms with van der Waals surface area (Å²) in [6, 6.07) is 15.0. The second-order valence-corrected chi connectivity index (χ2v) is 12.4. The van der Waals surface area contributed by atoms with Gasteiger partial charge in [-0.25, -0.2) is 4.68 Å². The topological polar surface area (TPSA) is 118 Å². The number of rotatable bonds is 3. The van der Waals surface area contributed by atoms with Gasteiger partial charge in [0.15, 0.2) is 0 Å². The van der Waals surface area contributed by atoms with Crippen LogP contribution in [0.15, 0.2) is 54.7 Å². The summed E-state index contributed by atoms with van der Waals surface area (Å²) < 4.78 is 7.59. The van der Waals surface area contributed by atoms with Gasteiger partial charge in [-0.05, 0) is 86.6 Å². The van der Waals surface area contributed by atoms with E-state index in [0.29, 0.717) is 50.7 Å². The first-order valence-electron chi connectivity index (χ1n) is 15.3. The Kier molecular flexibility index (Phi) is 8.19. The molecule has 3 amide bonds. The maximum absolute atomic E-state index is 14.1. The molecule has 3 aromatic rings. The minimum Gasteiger partial charge on any atom is -0.494 e. The predicted molar refractivity (Wildman–Crippen MR) is 160 cm³/mol. The number of hydrogen-bond acceptors (Lipinski definition) is 6. The third-order valence-corrected chi connectivity index (χ3v) is 9.22. The maximum atomic E-state index is 14.1. The molecule has 4 bridgehead atoms. The number of carbonyl (C=O) groups is 3. The molecule has 2 aromatic carbocycles. The summed E-state index contributed by atoms with van der Waals surface area (Å²) in [4.78, 5) is 43.5. The molecule has 2 aliphatic heterocycles. The second-order valence-electron chi connectivity index (χ2n) is 12.4. The van der Waals surface area contributed by atoms with Crippen molar-refractivity contribution in [3.8, 4) is 5.75 Å². The quantitative estimate of drug-likeness (QED) is 0.488. The van der Waals surface area contributed by atoms with Crippen molar-refractivity contribution in [1.29, 1.82) is 0 Å². The zero-order valence-corrected chi connectivity index (χ0v) is 24.9. The standard InChI is InChI=1S/C33H40N6O4/c1-22-10-11-28-16-26(22)19-34-32(42)33(18-27(33)15-24-7-4-3-5-8-24)35-31(41)29(39-20-23(2)36-37-39)17-30(40)38-13-6-9-25(21-38)12-14-43-28/h3-5,7-8,10-11,16,20,25,27,29H,6,9,12-15,17-19,21H2,1-2H3,(H,34,42)(H,35,41)/t25?,27?,29-,33?/m0/s1. The lowest BCUT2D eigenvalue weighted by atomic mass is 9.94. The maximum Gasteiger partial charge on any atom is 0.246 e. The van der Waals surface area contributed by atoms with Crippen molar-refractivity contribution in [2.45, 2.75) is 70.5 Å². The molecular formula is C33H40N6O4. The molecule has 3 unspecified atom stereocenters. The van der Waals surface area contributed by atoms with Crippen LogP contribution < -0.4 is 15.4 Å². The molecule has 10 heteroatoms. The molecule has 2 N–H and O–H groups in total. The summed E-state index contributed by atoms with van der Waals surface area (Å²) in [7, 11) is 0. The van der Waals surface area contributed by atoms with Crippen molar-refractivity contribution < 1.29 is 19.1 Å². The van der Waals surface area contributed by atoms with Gasteiger partial charge < -0.3 is 20.3 Å². The van der Waals surface area contributed by atoms with Gasteiger partial charge in [0.1, 0.15) is 17.3 Å². The largest absolute Gasteiger partial charge is 0.494 e. The molecule has 3 heterocycles. The summed E-state index contributed by atoms with van der Waals surface area (Å²) in [5.74, 6) is 0.282. The number of amides is 3. The van der Waals surface area contributed by atoms with Gasteiger partial charge in [0.2, 0.25) is 17.7 Å². The molecule has 4 atom stereocenters. The average Bonchev–Trinajstić information content (AvgIpc) is 3.51. The number of benzene rings is 2. The number of carbonyl (C=O) groups excluding carboxylic acids is 3. The summed E-state index contributed by atoms with van der Waals surface area (Å²) >= 11 is 0. The van der Waals surface area contributed by atoms with Crippen LogP contribution in [-0.2, 0) is 27.3 Å². The predicted octanol–water partition coefficient (Wildman–Crippen LogP) is 3.28. The summed E-state index contributed by atoms with van der Waals surface area (Å²) in [6.07, 6.45) is 5.57. The lowest BCUT2D eigenvalue weighted by Crippen LogP contribution is -2.53. The molecule has 43 heavy (non-hydrogen) atoms. The molecule has 0 radical (unpaired) electrons. The van der Waals surface area contributed by atoms with Gasteiger partial charge in [0.05, 0.1) is 18.7 Å². The van der Waals surface area contributed by atoms with Gasteiger partial charge >= 0.3 is 0 Å². The number of nitrogens with zero attached hydrogens (tertiary/aromatic N) is 4. The Morgan fingerprint density at radius 3 is 2.70 bits per heavy atom. The summed E-state index contributed by atoms with van der Waals surface area (Å²) in [5.41, 5.74) is 2.69. The Bertz CT molecular complexity index is 1490. The Morgan fingerprint density at radius 1 is 1.07 bits per heavy atom. The molecule has 1 saturated heterocycles. The molecule has 1 spiro atoms. The Hall–Kier alpha value is -4.21. The van der Waals surface area contributed by atoms with Gasteiger partial charge in [-0.15, -0.1) is 5.10 Å². The van der Waals surface area contributed by atoms with Crippen molar-refractivity contribution >= 4 is 17.7 Å². The number of aryl methyl sites for hydroxylation is 2. The molecule has 2 fully saturated rings. The minimum atomic E-state index is -1.09. The number of piperidine rings is 1. The highest BCUT2D eigenvalue weighted by Gasteiger charge is 2.61. The van der Waals surface area contributed by atoms with Crippen LogP contribution in [0.4, 0.5) is 0 Å². The highest BCUT2D eigenvalue weighted by Crippen LogP contribution is 2.46. The number of ether oxygens (including phenoxy) is 1. The van der Waals surface area contributed by atoms with Crippen LogP contribution in [0.25, 0.3) is 0 Å². The molecule has 3 aliphatic rings. The number of aromatic nitrogens is 3. The fraction of sp³-hybridized carbons (Fsp3) is 0.485. The average molecular weight is 585 g/mol. The number of fused-ring (bicyclic) bond motifs is 4. The highest BCUT2D eigenvalue weighted by molar-refractivity contribution is 5.96. The van der Waals surface area contributed by atoms with Crippen LogP contribution in [-0.4, -0.2) is 62.9 Å². The van der Waals surface area contributed by atoms with E-state index in [4.69, 9.17) is 4.74 Å². The SMILES string of the molecule is Cc1cn([C@H]2CC(=O)N3CCCC(CCOc4ccc(C)c(c4)CNC(=O)C4(CC4Cc4ccccc4)NC2=O)C3)nn1. The fourth-order valence-corrected chi connectivity index (χ4v) is 6.52. The van der Waals surface area contributed by atoms with E-state index in [9.17, 15) is 14.4 Å². The summed E-state index contributed by atoms with van der Waals surface area (Å²) in [5, 5.41) is 14.5. The van der Waals surface area contributed by atoms with E-state index in [1.165, 1.54) is 4.68 Å². The van der Waals surface area contributed by atoms with Crippen molar-refractivity contribution in [1.82, 2.24) is 30.5 Å². The molecule has 1 saturated carbocycles. The van der Waals surface area contributed by atoms with Crippen molar-refractivity contribution in [2.24, 2.45) is 11.8 Å². The van der Waals surface area contributed by atoms with E-state index in [-0.39, 0.29) is 24.2 Å². The van der Waals surface area contributed by atoms with Gasteiger partial charge in [0.25, 0.3) is 0 Å². The molecule has 1 aliphatic carbocycles. The van der Waals surface area contributed by atoms with Crippen LogP contribution >= 0.6 is 0 Å². The van der Waals surface area contributed by atoms with E-state index in [1.54, 1.807) is 13.1 Å². The smallest absolute Gasteiger partial charge is 0.246 e. The van der Waals surface area contributed by atoms with Crippen molar-refractivity contribution in [3.05, 3.63) is 77.1 Å². The third-order valence-electron chi connectivity index (χ3n) is 9.22. The normalized spacial score (nSPS) is 26.6. The number of nitrogens with one attached hydrogen (secondary N) is 2. The molecule has 10 nitrogen and oxygen atoms in total. The van der Waals surface area contributed by atoms with Crippen molar-refractivity contribution in [2.75, 3.05) is 19.7 Å². The van der Waals surface area contributed by atoms with E-state index >= 15 is 0 Å². The monoisotopic (exact) mass is 584 g/mol. The first kappa shape index (κ1) is 28.9. The van der Waals surface area contributed by atoms with E-state index < -0.39 is 17.5 Å². The molecule has 226 valence electrons. The lowest BCUT2D eigenvalue weighted by molar-refractivity contribution is -0.138. The number of hydrogen-bond donors (Lipinski definition) is 2. The Morgan fingerprint density at radius 2 is 1.91 bits per heavy atom. The van der Waals surface area contributed by atoms with Crippen molar-refractivity contribution in [3.63, 3.8) is 0 Å². The van der Waals surface area contributed by atoms with Gasteiger partial charge in [-0.1, -0.05) is 41.6 Å². The first-order chi connectivity index (χ1) is 20.8. The summed E-state index contributed by atoms with van der Waals surface area (Å²) in [6.45, 7) is 5.98. The van der Waals surface area contributed by atoms with Crippen LogP contribution in [0.3, 0.4) is 0 Å². The van der Waals surface area contributed by atoms with E-state index in [2.05, 4.69) is 20.9 Å². The van der Waals surface area contributed by atoms with Gasteiger partial charge in [-0.2, -0.15) is 0 Å². The Balaban J connectivity index is 1.32. The highest BCUT2D eigenvalue weighted by atomic mass is 16.5. The lowest BCUT2D eigenvalue weighted by Gasteiger charge is -2.34. The minimum absolute atomic E-state index is 0.0529. The van der Waals surface area contributed by atoms with Crippen LogP contribution in [0.1, 0.15) is 60.5 Å². The molecule has 1 aromatic heterocycles. The zero-order chi connectivity index (χ0) is 30.0. The van der Waals surface area contributed by atoms with Crippen LogP contribution in [0.2, 0.25) is 0 Å².